The van der Waals surface area contributed by atoms with E-state index >= 15 is 0 Å². The van der Waals surface area contributed by atoms with Gasteiger partial charge in [-0.2, -0.15) is 0 Å². The molecule has 4 nitrogen and oxygen atoms in total. The van der Waals surface area contributed by atoms with Crippen LogP contribution in [0, 0.1) is 0 Å². The molecule has 80 valence electrons. The summed E-state index contributed by atoms with van der Waals surface area (Å²) in [6.07, 6.45) is 0.460. The molecule has 1 aliphatic heterocycles. The summed E-state index contributed by atoms with van der Waals surface area (Å²) >= 11 is 0. The molecule has 2 N–H and O–H groups in total. The van der Waals surface area contributed by atoms with E-state index in [4.69, 9.17) is 10.5 Å². The molecule has 1 fully saturated rings. The summed E-state index contributed by atoms with van der Waals surface area (Å²) < 4.78 is 5.08. The predicted octanol–water partition coefficient (Wildman–Crippen LogP) is 1.02. The van der Waals surface area contributed by atoms with Crippen molar-refractivity contribution in [1.29, 1.82) is 0 Å². The lowest BCUT2D eigenvalue weighted by Gasteiger charge is -2.16. The van der Waals surface area contributed by atoms with Crippen molar-refractivity contribution in [3.05, 3.63) is 24.3 Å². The molecule has 0 aromatic heterocycles. The minimum absolute atomic E-state index is 0.0299. The molecule has 1 aliphatic rings. The average molecular weight is 206 g/mol. The molecule has 0 bridgehead atoms. The normalized spacial score (nSPS) is 21.0. The maximum Gasteiger partial charge on any atom is 0.256 e. The van der Waals surface area contributed by atoms with Crippen molar-refractivity contribution in [1.82, 2.24) is 0 Å². The number of hydrogen-bond acceptors (Lipinski definition) is 3. The number of hydrogen-bond donors (Lipinski definition) is 1. The van der Waals surface area contributed by atoms with Crippen molar-refractivity contribution in [3.8, 4) is 0 Å². The number of ether oxygens (including phenoxy) is 1. The number of carbonyl (C=O) groups is 1. The van der Waals surface area contributed by atoms with Crippen molar-refractivity contribution in [3.63, 3.8) is 0 Å². The Hall–Kier alpha value is -1.55. The van der Waals surface area contributed by atoms with E-state index in [0.717, 1.165) is 12.1 Å². The van der Waals surface area contributed by atoms with Crippen LogP contribution in [0.5, 0.6) is 0 Å². The zero-order chi connectivity index (χ0) is 10.8. The molecule has 1 aromatic carbocycles. The third-order valence-electron chi connectivity index (χ3n) is 2.65. The Labute approximate surface area is 88.6 Å². The second-order valence-corrected chi connectivity index (χ2v) is 3.59. The van der Waals surface area contributed by atoms with Gasteiger partial charge in [0.05, 0.1) is 0 Å². The second-order valence-electron chi connectivity index (χ2n) is 3.59. The standard InChI is InChI=1S/C11H14N2O2/c1-15-10-6-7-13(11(10)14)9-4-2-8(12)3-5-9/h2-5,10H,6-7,12H2,1H3/t10-/m1/s1. The SMILES string of the molecule is CO[C@@H]1CCN(c2ccc(N)cc2)C1=O. The van der Waals surface area contributed by atoms with Crippen LogP contribution in [0.4, 0.5) is 11.4 Å². The fourth-order valence-corrected chi connectivity index (χ4v) is 1.78. The third kappa shape index (κ3) is 1.80. The Kier molecular flexibility index (Phi) is 2.60. The van der Waals surface area contributed by atoms with Crippen LogP contribution in [-0.2, 0) is 9.53 Å². The molecule has 1 atom stereocenters. The summed E-state index contributed by atoms with van der Waals surface area (Å²) in [6.45, 7) is 0.710. The van der Waals surface area contributed by atoms with Gasteiger partial charge in [0, 0.05) is 31.5 Å². The van der Waals surface area contributed by atoms with E-state index in [0.29, 0.717) is 12.2 Å². The fraction of sp³-hybridized carbons (Fsp3) is 0.364. The highest BCUT2D eigenvalue weighted by Gasteiger charge is 2.32. The Bertz CT molecular complexity index is 361. The predicted molar refractivity (Wildman–Crippen MR) is 58.6 cm³/mol. The van der Waals surface area contributed by atoms with Crippen LogP contribution in [0.15, 0.2) is 24.3 Å². The van der Waals surface area contributed by atoms with Gasteiger partial charge in [0.1, 0.15) is 6.10 Å². The Morgan fingerprint density at radius 1 is 1.40 bits per heavy atom. The molecule has 0 saturated carbocycles. The molecule has 4 heteroatoms. The molecule has 0 unspecified atom stereocenters. The molecule has 0 radical (unpaired) electrons. The van der Waals surface area contributed by atoms with Crippen LogP contribution in [0.1, 0.15) is 6.42 Å². The lowest BCUT2D eigenvalue weighted by atomic mass is 10.2. The topological polar surface area (TPSA) is 55.6 Å². The van der Waals surface area contributed by atoms with E-state index < -0.39 is 0 Å². The smallest absolute Gasteiger partial charge is 0.256 e. The van der Waals surface area contributed by atoms with Crippen LogP contribution in [0.3, 0.4) is 0 Å². The molecule has 1 aromatic rings. The van der Waals surface area contributed by atoms with Crippen molar-refractivity contribution in [2.45, 2.75) is 12.5 Å². The van der Waals surface area contributed by atoms with Crippen LogP contribution in [0.25, 0.3) is 0 Å². The minimum atomic E-state index is -0.289. The minimum Gasteiger partial charge on any atom is -0.399 e. The van der Waals surface area contributed by atoms with Crippen molar-refractivity contribution < 1.29 is 9.53 Å². The summed E-state index contributed by atoms with van der Waals surface area (Å²) in [5.41, 5.74) is 7.17. The number of anilines is 2. The van der Waals surface area contributed by atoms with E-state index in [1.54, 1.807) is 24.1 Å². The number of amides is 1. The van der Waals surface area contributed by atoms with Gasteiger partial charge < -0.3 is 15.4 Å². The van der Waals surface area contributed by atoms with Gasteiger partial charge in [-0.15, -0.1) is 0 Å². The third-order valence-corrected chi connectivity index (χ3v) is 2.65. The number of benzene rings is 1. The summed E-state index contributed by atoms with van der Waals surface area (Å²) in [7, 11) is 1.56. The molecular weight excluding hydrogens is 192 g/mol. The number of nitrogens with two attached hydrogens (primary N) is 1. The molecule has 0 aliphatic carbocycles. The highest BCUT2D eigenvalue weighted by Crippen LogP contribution is 2.23. The number of carbonyl (C=O) groups excluding carboxylic acids is 1. The molecule has 2 rings (SSSR count). The number of methoxy groups -OCH3 is 1. The summed E-state index contributed by atoms with van der Waals surface area (Å²) in [6, 6.07) is 7.29. The second kappa shape index (κ2) is 3.90. The van der Waals surface area contributed by atoms with Crippen molar-refractivity contribution >= 4 is 17.3 Å². The van der Waals surface area contributed by atoms with Crippen LogP contribution >= 0.6 is 0 Å². The summed E-state index contributed by atoms with van der Waals surface area (Å²) in [5.74, 6) is 0.0299. The monoisotopic (exact) mass is 206 g/mol. The number of nitrogens with zero attached hydrogens (tertiary/aromatic N) is 1. The molecule has 1 amide bonds. The molecular formula is C11H14N2O2. The number of rotatable bonds is 2. The zero-order valence-corrected chi connectivity index (χ0v) is 8.64. The van der Waals surface area contributed by atoms with Crippen LogP contribution < -0.4 is 10.6 Å². The highest BCUT2D eigenvalue weighted by molar-refractivity contribution is 5.98. The lowest BCUT2D eigenvalue weighted by molar-refractivity contribution is -0.125. The Morgan fingerprint density at radius 3 is 2.60 bits per heavy atom. The molecule has 1 heterocycles. The van der Waals surface area contributed by atoms with Gasteiger partial charge in [-0.3, -0.25) is 4.79 Å². The molecule has 1 saturated heterocycles. The van der Waals surface area contributed by atoms with E-state index in [9.17, 15) is 4.79 Å². The number of nitrogen functional groups attached to an aromatic ring is 1. The fourth-order valence-electron chi connectivity index (χ4n) is 1.78. The average Bonchev–Trinajstić information content (AvgIpc) is 2.61. The first kappa shape index (κ1) is 9.98. The van der Waals surface area contributed by atoms with Gasteiger partial charge in [0.15, 0.2) is 0 Å². The van der Waals surface area contributed by atoms with Gasteiger partial charge >= 0.3 is 0 Å². The maximum absolute atomic E-state index is 11.8. The first-order chi connectivity index (χ1) is 7.22. The lowest BCUT2D eigenvalue weighted by Crippen LogP contribution is -2.29. The Morgan fingerprint density at radius 2 is 2.07 bits per heavy atom. The first-order valence-electron chi connectivity index (χ1n) is 4.92. The summed E-state index contributed by atoms with van der Waals surface area (Å²) in [4.78, 5) is 13.5. The van der Waals surface area contributed by atoms with E-state index in [-0.39, 0.29) is 12.0 Å². The molecule has 15 heavy (non-hydrogen) atoms. The van der Waals surface area contributed by atoms with Crippen LogP contribution in [-0.4, -0.2) is 25.7 Å². The zero-order valence-electron chi connectivity index (χ0n) is 8.64. The van der Waals surface area contributed by atoms with Gasteiger partial charge in [0.2, 0.25) is 0 Å². The van der Waals surface area contributed by atoms with Gasteiger partial charge in [-0.05, 0) is 24.3 Å². The highest BCUT2D eigenvalue weighted by atomic mass is 16.5. The van der Waals surface area contributed by atoms with E-state index in [1.165, 1.54) is 0 Å². The first-order valence-corrected chi connectivity index (χ1v) is 4.92. The van der Waals surface area contributed by atoms with E-state index in [2.05, 4.69) is 0 Å². The van der Waals surface area contributed by atoms with Gasteiger partial charge in [-0.1, -0.05) is 0 Å². The van der Waals surface area contributed by atoms with Crippen molar-refractivity contribution in [2.24, 2.45) is 0 Å². The van der Waals surface area contributed by atoms with Gasteiger partial charge in [-0.25, -0.2) is 0 Å². The van der Waals surface area contributed by atoms with E-state index in [1.807, 2.05) is 12.1 Å². The maximum atomic E-state index is 11.8. The molecule has 0 spiro atoms. The summed E-state index contributed by atoms with van der Waals surface area (Å²) in [5, 5.41) is 0. The van der Waals surface area contributed by atoms with Crippen molar-refractivity contribution in [2.75, 3.05) is 24.3 Å². The van der Waals surface area contributed by atoms with Crippen LogP contribution in [0.2, 0.25) is 0 Å². The largest absolute Gasteiger partial charge is 0.399 e. The Balaban J connectivity index is 2.19. The van der Waals surface area contributed by atoms with Gasteiger partial charge in [0.25, 0.3) is 5.91 Å². The quantitative estimate of drug-likeness (QED) is 0.735.